The zero-order valence-electron chi connectivity index (χ0n) is 7.75. The molecule has 11 heavy (non-hydrogen) atoms. The van der Waals surface area contributed by atoms with Crippen LogP contribution in [-0.4, -0.2) is 5.40 Å². The molecule has 0 aliphatic carbocycles. The van der Waals surface area contributed by atoms with E-state index in [9.17, 15) is 0 Å². The van der Waals surface area contributed by atoms with E-state index in [4.69, 9.17) is 0 Å². The zero-order chi connectivity index (χ0) is 8.27. The Balaban J connectivity index is 1.93. The van der Waals surface area contributed by atoms with Gasteiger partial charge < -0.3 is 0 Å². The van der Waals surface area contributed by atoms with Crippen LogP contribution in [0.3, 0.4) is 0 Å². The van der Waals surface area contributed by atoms with Crippen LogP contribution in [-0.2, 0) is 0 Å². The molecule has 0 amide bonds. The van der Waals surface area contributed by atoms with Crippen molar-refractivity contribution in [3.8, 4) is 0 Å². The van der Waals surface area contributed by atoms with Gasteiger partial charge in [0.25, 0.3) is 0 Å². The Morgan fingerprint density at radius 3 is 2.18 bits per heavy atom. The largest absolute Gasteiger partial charge is 0.0628 e. The van der Waals surface area contributed by atoms with Gasteiger partial charge in [0.05, 0.1) is 5.40 Å². The average molecular weight is 188 g/mol. The second-order valence-electron chi connectivity index (χ2n) is 3.95. The van der Waals surface area contributed by atoms with Crippen LogP contribution < -0.4 is 0 Å². The molecule has 2 heteroatoms. The minimum Gasteiger partial charge on any atom is -0.0628 e. The summed E-state index contributed by atoms with van der Waals surface area (Å²) in [6, 6.07) is 0. The van der Waals surface area contributed by atoms with Gasteiger partial charge in [0.2, 0.25) is 0 Å². The molecule has 0 bridgehead atoms. The first-order chi connectivity index (χ1) is 5.20. The van der Waals surface area contributed by atoms with E-state index in [1.165, 1.54) is 19.3 Å². The van der Waals surface area contributed by atoms with E-state index < -0.39 is 0 Å². The molecule has 0 aromatic heterocycles. The van der Waals surface area contributed by atoms with E-state index in [0.717, 1.165) is 17.2 Å². The van der Waals surface area contributed by atoms with Crippen LogP contribution in [0.2, 0.25) is 0 Å². The molecule has 1 aliphatic rings. The minimum absolute atomic E-state index is 0.900. The molecule has 0 nitrogen and oxygen atoms in total. The number of rotatable bonds is 5. The lowest BCUT2D eigenvalue weighted by Gasteiger charge is -2.09. The van der Waals surface area contributed by atoms with Gasteiger partial charge in [-0.3, -0.25) is 0 Å². The molecule has 1 rings (SSSR count). The lowest BCUT2D eigenvalue weighted by Crippen LogP contribution is -2.00. The first-order valence-electron chi connectivity index (χ1n) is 4.60. The molecule has 0 radical (unpaired) electrons. The fourth-order valence-electron chi connectivity index (χ4n) is 1.26. The Bertz CT molecular complexity index is 134. The van der Waals surface area contributed by atoms with Crippen LogP contribution in [0.15, 0.2) is 0 Å². The van der Waals surface area contributed by atoms with Crippen LogP contribution in [0.1, 0.15) is 40.0 Å². The Hall–Kier alpha value is 0.600. The summed E-state index contributed by atoms with van der Waals surface area (Å²) in [7, 11) is 3.39. The molecule has 0 aromatic rings. The maximum atomic E-state index is 2.41. The Morgan fingerprint density at radius 1 is 1.09 bits per heavy atom. The fraction of sp³-hybridized carbons (Fsp3) is 1.00. The normalized spacial score (nSPS) is 27.1. The van der Waals surface area contributed by atoms with Crippen LogP contribution in [0.5, 0.6) is 0 Å². The smallest absolute Gasteiger partial charge is 0.0533 e. The fourth-order valence-corrected chi connectivity index (χ4v) is 3.69. The molecule has 64 valence electrons. The highest BCUT2D eigenvalue weighted by atomic mass is 31.8. The van der Waals surface area contributed by atoms with Crippen molar-refractivity contribution in [2.45, 2.75) is 45.4 Å². The molecule has 1 aliphatic heterocycles. The molecule has 1 heterocycles. The molecule has 0 saturated carbocycles. The maximum absolute atomic E-state index is 2.41. The number of hydrogen-bond acceptors (Lipinski definition) is 0. The van der Waals surface area contributed by atoms with E-state index in [2.05, 4.69) is 20.8 Å². The van der Waals surface area contributed by atoms with E-state index in [0.29, 0.717) is 0 Å². The van der Waals surface area contributed by atoms with Crippen LogP contribution >= 0.6 is 15.7 Å². The molecular weight excluding hydrogens is 170 g/mol. The summed E-state index contributed by atoms with van der Waals surface area (Å²) in [6.45, 7) is 7.05. The predicted molar refractivity (Wildman–Crippen MR) is 55.5 cm³/mol. The lowest BCUT2D eigenvalue weighted by molar-refractivity contribution is 0.478. The van der Waals surface area contributed by atoms with Gasteiger partial charge in [0, 0.05) is 0 Å². The summed E-state index contributed by atoms with van der Waals surface area (Å²) in [5.74, 6) is 1.90. The Morgan fingerprint density at radius 2 is 1.73 bits per heavy atom. The van der Waals surface area contributed by atoms with Crippen molar-refractivity contribution in [1.29, 1.82) is 0 Å². The first kappa shape index (κ1) is 9.69. The quantitative estimate of drug-likeness (QED) is 0.553. The van der Waals surface area contributed by atoms with Crippen molar-refractivity contribution in [2.75, 3.05) is 0 Å². The highest BCUT2D eigenvalue weighted by Gasteiger charge is 2.20. The van der Waals surface area contributed by atoms with Gasteiger partial charge in [-0.05, 0) is 18.3 Å². The highest BCUT2D eigenvalue weighted by molar-refractivity contribution is 8.02. The summed E-state index contributed by atoms with van der Waals surface area (Å²) < 4.78 is 0. The van der Waals surface area contributed by atoms with Crippen LogP contribution in [0, 0.1) is 11.8 Å². The lowest BCUT2D eigenvalue weighted by atomic mass is 10.0. The third kappa shape index (κ3) is 4.24. The van der Waals surface area contributed by atoms with Crippen molar-refractivity contribution < 1.29 is 0 Å². The van der Waals surface area contributed by atoms with Crippen molar-refractivity contribution in [1.82, 2.24) is 0 Å². The molecule has 0 saturated heterocycles. The summed E-state index contributed by atoms with van der Waals surface area (Å²) in [4.78, 5) is 0. The summed E-state index contributed by atoms with van der Waals surface area (Å²) in [5.41, 5.74) is 0. The van der Waals surface area contributed by atoms with Gasteiger partial charge in [-0.15, -0.1) is 0 Å². The Labute approximate surface area is 73.6 Å². The van der Waals surface area contributed by atoms with Gasteiger partial charge in [-0.25, -0.2) is 0 Å². The summed E-state index contributed by atoms with van der Waals surface area (Å²) in [6.07, 6.45) is 4.33. The summed E-state index contributed by atoms with van der Waals surface area (Å²) >= 11 is 0. The van der Waals surface area contributed by atoms with Gasteiger partial charge in [-0.2, -0.15) is 0 Å². The summed E-state index contributed by atoms with van der Waals surface area (Å²) in [5, 5.41) is 1.06. The SMILES string of the molecule is CC(C)CCCC(C)C1P=P1. The third-order valence-electron chi connectivity index (χ3n) is 2.20. The van der Waals surface area contributed by atoms with Gasteiger partial charge >= 0.3 is 0 Å². The standard InChI is InChI=1S/C9H18P2/c1-7(2)5-4-6-8(3)9-10-11-9/h7-9H,4-6H2,1-3H3. The van der Waals surface area contributed by atoms with Crippen molar-refractivity contribution >= 4 is 15.7 Å². The molecule has 0 fully saturated rings. The zero-order valence-corrected chi connectivity index (χ0v) is 9.54. The van der Waals surface area contributed by atoms with Crippen LogP contribution in [0.4, 0.5) is 0 Å². The minimum atomic E-state index is 0.900. The van der Waals surface area contributed by atoms with E-state index in [-0.39, 0.29) is 0 Å². The number of hydrogen-bond donors (Lipinski definition) is 0. The monoisotopic (exact) mass is 188 g/mol. The van der Waals surface area contributed by atoms with Crippen LogP contribution in [0.25, 0.3) is 0 Å². The predicted octanol–water partition coefficient (Wildman–Crippen LogP) is 4.60. The third-order valence-corrected chi connectivity index (χ3v) is 5.21. The first-order valence-corrected chi connectivity index (χ1v) is 7.23. The molecule has 1 atom stereocenters. The molecule has 1 unspecified atom stereocenters. The van der Waals surface area contributed by atoms with E-state index in [1.807, 2.05) is 0 Å². The van der Waals surface area contributed by atoms with E-state index >= 15 is 0 Å². The molecule has 0 aromatic carbocycles. The van der Waals surface area contributed by atoms with Gasteiger partial charge in [-0.1, -0.05) is 49.3 Å². The topological polar surface area (TPSA) is 0 Å². The van der Waals surface area contributed by atoms with E-state index in [1.54, 1.807) is 15.7 Å². The van der Waals surface area contributed by atoms with Crippen molar-refractivity contribution in [3.63, 3.8) is 0 Å². The van der Waals surface area contributed by atoms with Crippen molar-refractivity contribution in [2.24, 2.45) is 11.8 Å². The average Bonchev–Trinajstić information content (AvgIpc) is 2.66. The Kier molecular flexibility index (Phi) is 4.04. The van der Waals surface area contributed by atoms with Gasteiger partial charge in [0.1, 0.15) is 0 Å². The molecule has 0 spiro atoms. The molecule has 0 N–H and O–H groups in total. The second kappa shape index (κ2) is 4.58. The maximum Gasteiger partial charge on any atom is 0.0533 e. The second-order valence-corrected chi connectivity index (χ2v) is 7.31. The molecular formula is C9H18P2. The van der Waals surface area contributed by atoms with Gasteiger partial charge in [0.15, 0.2) is 0 Å². The van der Waals surface area contributed by atoms with Crippen molar-refractivity contribution in [3.05, 3.63) is 0 Å². The highest BCUT2D eigenvalue weighted by Crippen LogP contribution is 2.53.